The van der Waals surface area contributed by atoms with Crippen LogP contribution in [0.2, 0.25) is 0 Å². The Morgan fingerprint density at radius 1 is 0.556 bits per heavy atom. The molecule has 0 aliphatic heterocycles. The fraction of sp³-hybridized carbons (Fsp3) is 0. The zero-order valence-electron chi connectivity index (χ0n) is 9.93. The topological polar surface area (TPSA) is 0 Å². The van der Waals surface area contributed by atoms with E-state index >= 15 is 0 Å². The summed E-state index contributed by atoms with van der Waals surface area (Å²) in [4.78, 5) is 0. The number of fused-ring (bicyclic) bond motifs is 2. The molecule has 2 aliphatic carbocycles. The molecule has 0 fully saturated rings. The van der Waals surface area contributed by atoms with E-state index < -0.39 is 0 Å². The zero-order valence-corrected chi connectivity index (χ0v) is 9.93. The molecule has 0 N–H and O–H groups in total. The maximum atomic E-state index is 2.22. The first-order valence-electron chi connectivity index (χ1n) is 6.23. The first-order valence-corrected chi connectivity index (χ1v) is 6.23. The summed E-state index contributed by atoms with van der Waals surface area (Å²) >= 11 is 0. The van der Waals surface area contributed by atoms with Crippen molar-refractivity contribution in [2.45, 2.75) is 0 Å². The van der Waals surface area contributed by atoms with Crippen LogP contribution in [0.25, 0.3) is 21.9 Å². The molecule has 4 rings (SSSR count). The Bertz CT molecular complexity index is 707. The molecule has 0 bridgehead atoms. The van der Waals surface area contributed by atoms with Gasteiger partial charge in [-0.05, 0) is 33.0 Å². The SMILES string of the molecule is C1=C\C2=C(\C=C/C=C/1)c1cccc3cccc2c13. The zero-order chi connectivity index (χ0) is 11.9. The average molecular weight is 228 g/mol. The van der Waals surface area contributed by atoms with Gasteiger partial charge in [0.25, 0.3) is 0 Å². The van der Waals surface area contributed by atoms with Crippen molar-refractivity contribution in [3.8, 4) is 0 Å². The van der Waals surface area contributed by atoms with Crippen LogP contribution in [0.1, 0.15) is 11.1 Å². The molecular weight excluding hydrogens is 216 g/mol. The maximum Gasteiger partial charge on any atom is -0.00264 e. The van der Waals surface area contributed by atoms with Crippen molar-refractivity contribution >= 4 is 21.9 Å². The molecule has 0 atom stereocenters. The highest BCUT2D eigenvalue weighted by Gasteiger charge is 2.20. The van der Waals surface area contributed by atoms with Gasteiger partial charge in [-0.1, -0.05) is 72.9 Å². The molecule has 0 nitrogen and oxygen atoms in total. The highest BCUT2D eigenvalue weighted by molar-refractivity contribution is 6.18. The second-order valence-corrected chi connectivity index (χ2v) is 4.64. The van der Waals surface area contributed by atoms with Crippen molar-refractivity contribution in [3.63, 3.8) is 0 Å². The van der Waals surface area contributed by atoms with Gasteiger partial charge in [0.15, 0.2) is 0 Å². The maximum absolute atomic E-state index is 2.22. The lowest BCUT2D eigenvalue weighted by Crippen LogP contribution is -1.79. The minimum atomic E-state index is 1.33. The van der Waals surface area contributed by atoms with Crippen LogP contribution in [0.5, 0.6) is 0 Å². The quantitative estimate of drug-likeness (QED) is 0.610. The van der Waals surface area contributed by atoms with Crippen molar-refractivity contribution in [2.75, 3.05) is 0 Å². The highest BCUT2D eigenvalue weighted by atomic mass is 14.2. The third-order valence-corrected chi connectivity index (χ3v) is 3.63. The minimum Gasteiger partial charge on any atom is -0.0622 e. The Hall–Kier alpha value is -2.34. The molecule has 0 radical (unpaired) electrons. The molecule has 84 valence electrons. The molecule has 2 aromatic carbocycles. The van der Waals surface area contributed by atoms with Crippen molar-refractivity contribution in [3.05, 3.63) is 84.0 Å². The van der Waals surface area contributed by atoms with E-state index in [1.807, 2.05) is 0 Å². The fourth-order valence-electron chi connectivity index (χ4n) is 2.87. The molecule has 0 unspecified atom stereocenters. The van der Waals surface area contributed by atoms with E-state index in [2.05, 4.69) is 72.9 Å². The average Bonchev–Trinajstić information content (AvgIpc) is 2.65. The van der Waals surface area contributed by atoms with Gasteiger partial charge < -0.3 is 0 Å². The Kier molecular flexibility index (Phi) is 1.92. The van der Waals surface area contributed by atoms with Crippen LogP contribution in [0.15, 0.2) is 72.9 Å². The van der Waals surface area contributed by atoms with Gasteiger partial charge in [0.1, 0.15) is 0 Å². The van der Waals surface area contributed by atoms with Crippen LogP contribution in [0.4, 0.5) is 0 Å². The normalized spacial score (nSPS) is 21.3. The van der Waals surface area contributed by atoms with E-state index in [1.165, 1.54) is 33.0 Å². The summed E-state index contributed by atoms with van der Waals surface area (Å²) in [5.74, 6) is 0. The van der Waals surface area contributed by atoms with Gasteiger partial charge in [-0.3, -0.25) is 0 Å². The van der Waals surface area contributed by atoms with E-state index in [0.717, 1.165) is 0 Å². The fourth-order valence-corrected chi connectivity index (χ4v) is 2.87. The summed E-state index contributed by atoms with van der Waals surface area (Å²) in [5, 5.41) is 2.72. The Morgan fingerprint density at radius 3 is 1.67 bits per heavy atom. The predicted octanol–water partition coefficient (Wildman–Crippen LogP) is 4.75. The first-order chi connectivity index (χ1) is 8.95. The third-order valence-electron chi connectivity index (χ3n) is 3.63. The molecule has 2 aliphatic rings. The van der Waals surface area contributed by atoms with Gasteiger partial charge in [0.05, 0.1) is 0 Å². The van der Waals surface area contributed by atoms with Crippen LogP contribution in [-0.4, -0.2) is 0 Å². The minimum absolute atomic E-state index is 1.33. The number of benzene rings is 2. The first kappa shape index (κ1) is 9.67. The standard InChI is InChI=1S/C18H12/c1-2-4-10-15-14(9-3-1)16-11-5-7-13-8-6-12-17(15)18(13)16/h1-12H/b2-1+,3-1?,4-2?,9-3-,10-4-,14-9?,15-10?. The van der Waals surface area contributed by atoms with Gasteiger partial charge in [0, 0.05) is 0 Å². The lowest BCUT2D eigenvalue weighted by Gasteiger charge is -2.01. The van der Waals surface area contributed by atoms with Crippen LogP contribution in [-0.2, 0) is 0 Å². The molecule has 0 aromatic heterocycles. The lowest BCUT2D eigenvalue weighted by molar-refractivity contribution is 1.70. The number of hydrogen-bond acceptors (Lipinski definition) is 0. The van der Waals surface area contributed by atoms with Gasteiger partial charge >= 0.3 is 0 Å². The molecule has 0 amide bonds. The van der Waals surface area contributed by atoms with Crippen molar-refractivity contribution in [1.29, 1.82) is 0 Å². The molecule has 0 saturated heterocycles. The second-order valence-electron chi connectivity index (χ2n) is 4.64. The molecule has 18 heavy (non-hydrogen) atoms. The summed E-state index contributed by atoms with van der Waals surface area (Å²) in [6.45, 7) is 0. The van der Waals surface area contributed by atoms with Crippen molar-refractivity contribution in [2.24, 2.45) is 0 Å². The molecule has 2 aromatic rings. The smallest absolute Gasteiger partial charge is 0.00264 e. The lowest BCUT2D eigenvalue weighted by atomic mass is 10.0. The number of allylic oxidation sites excluding steroid dienone is 8. The summed E-state index contributed by atoms with van der Waals surface area (Å²) in [5.41, 5.74) is 5.38. The summed E-state index contributed by atoms with van der Waals surface area (Å²) in [7, 11) is 0. The van der Waals surface area contributed by atoms with Gasteiger partial charge in [-0.2, -0.15) is 0 Å². The Balaban J connectivity index is 2.14. The summed E-state index contributed by atoms with van der Waals surface area (Å²) in [6, 6.07) is 13.1. The summed E-state index contributed by atoms with van der Waals surface area (Å²) < 4.78 is 0. The van der Waals surface area contributed by atoms with E-state index in [-0.39, 0.29) is 0 Å². The monoisotopic (exact) mass is 228 g/mol. The molecule has 0 spiro atoms. The third kappa shape index (κ3) is 1.20. The summed E-state index contributed by atoms with van der Waals surface area (Å²) in [6.07, 6.45) is 12.8. The van der Waals surface area contributed by atoms with Crippen LogP contribution >= 0.6 is 0 Å². The number of rotatable bonds is 0. The van der Waals surface area contributed by atoms with Crippen molar-refractivity contribution < 1.29 is 0 Å². The van der Waals surface area contributed by atoms with Crippen LogP contribution in [0.3, 0.4) is 0 Å². The van der Waals surface area contributed by atoms with E-state index in [1.54, 1.807) is 0 Å². The van der Waals surface area contributed by atoms with Crippen molar-refractivity contribution in [1.82, 2.24) is 0 Å². The molecular formula is C18H12. The van der Waals surface area contributed by atoms with Gasteiger partial charge in [-0.15, -0.1) is 0 Å². The molecule has 0 saturated carbocycles. The van der Waals surface area contributed by atoms with E-state index in [0.29, 0.717) is 0 Å². The largest absolute Gasteiger partial charge is 0.0622 e. The van der Waals surface area contributed by atoms with Crippen LogP contribution < -0.4 is 0 Å². The Labute approximate surface area is 106 Å². The second kappa shape index (κ2) is 3.58. The van der Waals surface area contributed by atoms with Gasteiger partial charge in [-0.25, -0.2) is 0 Å². The van der Waals surface area contributed by atoms with E-state index in [9.17, 15) is 0 Å². The Morgan fingerprint density at radius 2 is 1.11 bits per heavy atom. The molecule has 0 heteroatoms. The predicted molar refractivity (Wildman–Crippen MR) is 78.2 cm³/mol. The van der Waals surface area contributed by atoms with Gasteiger partial charge in [0.2, 0.25) is 0 Å². The highest BCUT2D eigenvalue weighted by Crippen LogP contribution is 2.43. The molecule has 0 heterocycles. The number of hydrogen-bond donors (Lipinski definition) is 0. The van der Waals surface area contributed by atoms with E-state index in [4.69, 9.17) is 0 Å². The van der Waals surface area contributed by atoms with Crippen LogP contribution in [0, 0.1) is 0 Å².